The number of ketones is 1. The lowest BCUT2D eigenvalue weighted by Crippen LogP contribution is -2.23. The third-order valence-electron chi connectivity index (χ3n) is 6.14. The minimum absolute atomic E-state index is 0.0818. The Kier molecular flexibility index (Phi) is 6.87. The van der Waals surface area contributed by atoms with E-state index in [0.29, 0.717) is 35.1 Å². The van der Waals surface area contributed by atoms with Gasteiger partial charge in [0.25, 0.3) is 0 Å². The number of phenolic OH excluding ortho intramolecular Hbond substituents is 2. The molecule has 8 nitrogen and oxygen atoms in total. The van der Waals surface area contributed by atoms with Crippen LogP contribution in [0.4, 0.5) is 5.69 Å². The fourth-order valence-corrected chi connectivity index (χ4v) is 4.96. The van der Waals surface area contributed by atoms with Crippen LogP contribution in [0.25, 0.3) is 22.5 Å². The van der Waals surface area contributed by atoms with Gasteiger partial charge in [-0.25, -0.2) is 4.98 Å². The van der Waals surface area contributed by atoms with Crippen LogP contribution in [0, 0.1) is 0 Å². The molecule has 1 aromatic heterocycles. The molecule has 9 heteroatoms. The monoisotopic (exact) mass is 512 g/mol. The summed E-state index contributed by atoms with van der Waals surface area (Å²) in [4.78, 5) is 31.6. The minimum atomic E-state index is -0.478. The van der Waals surface area contributed by atoms with Gasteiger partial charge in [0.1, 0.15) is 22.9 Å². The standard InChI is InChI=1S/C28H24N4O4S/c1-17(27(36)20-4-10-21(11-5-20)32-16-2-3-24(32)35)37-28-29-25(18-6-12-22(33)13-7-18)26(30-31-28)19-8-14-23(34)15-9-19/h4-15,17,33-34H,2-3,16H2,1H3/t17-/m0/s1. The fraction of sp³-hybridized carbons (Fsp3) is 0.179. The molecule has 4 aromatic rings. The zero-order valence-electron chi connectivity index (χ0n) is 20.0. The van der Waals surface area contributed by atoms with Gasteiger partial charge in [0.2, 0.25) is 11.1 Å². The van der Waals surface area contributed by atoms with E-state index in [4.69, 9.17) is 4.98 Å². The Morgan fingerprint density at radius 1 is 0.865 bits per heavy atom. The molecule has 0 unspecified atom stereocenters. The number of nitrogens with zero attached hydrogens (tertiary/aromatic N) is 4. The van der Waals surface area contributed by atoms with Gasteiger partial charge < -0.3 is 15.1 Å². The van der Waals surface area contributed by atoms with E-state index in [1.54, 1.807) is 84.6 Å². The van der Waals surface area contributed by atoms with E-state index in [2.05, 4.69) is 10.2 Å². The number of aromatic hydroxyl groups is 2. The van der Waals surface area contributed by atoms with Crippen molar-refractivity contribution in [2.45, 2.75) is 30.2 Å². The number of amides is 1. The Labute approximate surface area is 218 Å². The van der Waals surface area contributed by atoms with Gasteiger partial charge in [0.15, 0.2) is 5.78 Å². The molecule has 1 atom stereocenters. The largest absolute Gasteiger partial charge is 0.508 e. The lowest BCUT2D eigenvalue weighted by Gasteiger charge is -2.16. The summed E-state index contributed by atoms with van der Waals surface area (Å²) in [5.41, 5.74) is 3.85. The molecule has 0 radical (unpaired) electrons. The molecule has 0 aliphatic carbocycles. The number of aromatic nitrogens is 3. The molecule has 1 aliphatic heterocycles. The van der Waals surface area contributed by atoms with Crippen LogP contribution in [0.2, 0.25) is 0 Å². The number of hydrogen-bond acceptors (Lipinski definition) is 8. The third kappa shape index (κ3) is 5.31. The molecule has 0 saturated carbocycles. The highest BCUT2D eigenvalue weighted by Crippen LogP contribution is 2.33. The summed E-state index contributed by atoms with van der Waals surface area (Å²) >= 11 is 1.21. The van der Waals surface area contributed by atoms with Crippen molar-refractivity contribution >= 4 is 29.1 Å². The lowest BCUT2D eigenvalue weighted by atomic mass is 10.0. The SMILES string of the molecule is C[C@H](Sc1nnc(-c2ccc(O)cc2)c(-c2ccc(O)cc2)n1)C(=O)c1ccc(N2CCCC2=O)cc1. The quantitative estimate of drug-likeness (QED) is 0.259. The summed E-state index contributed by atoms with van der Waals surface area (Å²) in [7, 11) is 0. The summed E-state index contributed by atoms with van der Waals surface area (Å²) in [6.07, 6.45) is 1.40. The molecule has 1 fully saturated rings. The molecule has 186 valence electrons. The van der Waals surface area contributed by atoms with Crippen molar-refractivity contribution in [3.05, 3.63) is 78.4 Å². The highest BCUT2D eigenvalue weighted by Gasteiger charge is 2.23. The second kappa shape index (κ2) is 10.4. The Bertz CT molecular complexity index is 1440. The van der Waals surface area contributed by atoms with Gasteiger partial charge in [0, 0.05) is 35.3 Å². The van der Waals surface area contributed by atoms with Crippen LogP contribution in [-0.4, -0.2) is 48.9 Å². The molecule has 2 heterocycles. The highest BCUT2D eigenvalue weighted by atomic mass is 32.2. The van der Waals surface area contributed by atoms with Gasteiger partial charge in [-0.15, -0.1) is 10.2 Å². The van der Waals surface area contributed by atoms with Gasteiger partial charge in [-0.2, -0.15) is 0 Å². The molecular weight excluding hydrogens is 488 g/mol. The van der Waals surface area contributed by atoms with E-state index >= 15 is 0 Å². The van der Waals surface area contributed by atoms with Gasteiger partial charge in [-0.1, -0.05) is 11.8 Å². The number of carbonyl (C=O) groups excluding carboxylic acids is 2. The Morgan fingerprint density at radius 2 is 1.46 bits per heavy atom. The summed E-state index contributed by atoms with van der Waals surface area (Å²) in [6.45, 7) is 2.49. The number of thioether (sulfide) groups is 1. The lowest BCUT2D eigenvalue weighted by molar-refractivity contribution is -0.117. The predicted octanol–water partition coefficient (Wildman–Crippen LogP) is 5.11. The van der Waals surface area contributed by atoms with Crippen molar-refractivity contribution in [3.8, 4) is 34.0 Å². The fourth-order valence-electron chi connectivity index (χ4n) is 4.17. The summed E-state index contributed by atoms with van der Waals surface area (Å²) < 4.78 is 0. The third-order valence-corrected chi connectivity index (χ3v) is 7.09. The van der Waals surface area contributed by atoms with E-state index in [1.807, 2.05) is 0 Å². The number of anilines is 1. The number of Topliss-reactive ketones (excluding diaryl/α,β-unsaturated/α-hetero) is 1. The first-order chi connectivity index (χ1) is 17.9. The molecule has 5 rings (SSSR count). The normalized spacial score (nSPS) is 14.1. The maximum atomic E-state index is 13.1. The summed E-state index contributed by atoms with van der Waals surface area (Å²) in [6, 6.07) is 20.3. The van der Waals surface area contributed by atoms with Crippen LogP contribution in [0.5, 0.6) is 11.5 Å². The maximum Gasteiger partial charge on any atom is 0.227 e. The van der Waals surface area contributed by atoms with Crippen LogP contribution < -0.4 is 4.90 Å². The van der Waals surface area contributed by atoms with Gasteiger partial charge >= 0.3 is 0 Å². The number of phenols is 2. The van der Waals surface area contributed by atoms with Crippen LogP contribution in [-0.2, 0) is 4.79 Å². The van der Waals surface area contributed by atoms with Gasteiger partial charge in [-0.05, 0) is 86.1 Å². The van der Waals surface area contributed by atoms with E-state index in [9.17, 15) is 19.8 Å². The van der Waals surface area contributed by atoms with Crippen molar-refractivity contribution in [1.82, 2.24) is 15.2 Å². The molecule has 37 heavy (non-hydrogen) atoms. The molecule has 0 bridgehead atoms. The number of rotatable bonds is 7. The topological polar surface area (TPSA) is 117 Å². The molecule has 1 amide bonds. The van der Waals surface area contributed by atoms with Crippen LogP contribution in [0.1, 0.15) is 30.1 Å². The zero-order chi connectivity index (χ0) is 25.9. The Hall–Kier alpha value is -4.24. The van der Waals surface area contributed by atoms with Crippen molar-refractivity contribution in [1.29, 1.82) is 0 Å². The maximum absolute atomic E-state index is 13.1. The van der Waals surface area contributed by atoms with E-state index in [-0.39, 0.29) is 23.2 Å². The smallest absolute Gasteiger partial charge is 0.227 e. The van der Waals surface area contributed by atoms with Gasteiger partial charge in [0.05, 0.1) is 5.25 Å². The Balaban J connectivity index is 1.39. The van der Waals surface area contributed by atoms with E-state index in [0.717, 1.165) is 23.2 Å². The van der Waals surface area contributed by atoms with Crippen LogP contribution >= 0.6 is 11.8 Å². The number of hydrogen-bond donors (Lipinski definition) is 2. The van der Waals surface area contributed by atoms with Crippen molar-refractivity contribution in [2.75, 3.05) is 11.4 Å². The molecule has 1 saturated heterocycles. The number of carbonyl (C=O) groups is 2. The van der Waals surface area contributed by atoms with Gasteiger partial charge in [-0.3, -0.25) is 9.59 Å². The average Bonchev–Trinajstić information content (AvgIpc) is 3.35. The van der Waals surface area contributed by atoms with Crippen LogP contribution in [0.15, 0.2) is 78.0 Å². The molecule has 3 aromatic carbocycles. The second-order valence-electron chi connectivity index (χ2n) is 8.71. The molecule has 0 spiro atoms. The van der Waals surface area contributed by atoms with Crippen molar-refractivity contribution in [3.63, 3.8) is 0 Å². The average molecular weight is 513 g/mol. The Morgan fingerprint density at radius 3 is 2.03 bits per heavy atom. The zero-order valence-corrected chi connectivity index (χ0v) is 20.9. The molecule has 2 N–H and O–H groups in total. The van der Waals surface area contributed by atoms with Crippen molar-refractivity contribution in [2.24, 2.45) is 0 Å². The second-order valence-corrected chi connectivity index (χ2v) is 10.0. The predicted molar refractivity (Wildman–Crippen MR) is 142 cm³/mol. The first kappa shape index (κ1) is 24.5. The van der Waals surface area contributed by atoms with Crippen LogP contribution in [0.3, 0.4) is 0 Å². The van der Waals surface area contributed by atoms with E-state index < -0.39 is 5.25 Å². The summed E-state index contributed by atoms with van der Waals surface area (Å²) in [5.74, 6) is 0.288. The van der Waals surface area contributed by atoms with E-state index in [1.165, 1.54) is 11.8 Å². The first-order valence-corrected chi connectivity index (χ1v) is 12.7. The number of benzene rings is 3. The highest BCUT2D eigenvalue weighted by molar-refractivity contribution is 8.00. The molecule has 1 aliphatic rings. The summed E-state index contributed by atoms with van der Waals surface area (Å²) in [5, 5.41) is 27.9. The minimum Gasteiger partial charge on any atom is -0.508 e. The first-order valence-electron chi connectivity index (χ1n) is 11.8. The van der Waals surface area contributed by atoms with Crippen molar-refractivity contribution < 1.29 is 19.8 Å². The molecular formula is C28H24N4O4S.